The zero-order valence-corrected chi connectivity index (χ0v) is 10.9. The quantitative estimate of drug-likeness (QED) is 0.723. The third kappa shape index (κ3) is 5.28. The van der Waals surface area contributed by atoms with Crippen LogP contribution in [0.3, 0.4) is 0 Å². The molecule has 86 valence electrons. The average molecular weight is 226 g/mol. The van der Waals surface area contributed by atoms with E-state index in [4.69, 9.17) is 0 Å². The normalized spacial score (nSPS) is 13.0. The molecule has 0 aromatic carbocycles. The molecule has 1 atom stereocenters. The van der Waals surface area contributed by atoms with E-state index in [1.807, 2.05) is 0 Å². The summed E-state index contributed by atoms with van der Waals surface area (Å²) in [4.78, 5) is 4.44. The molecule has 3 heteroatoms. The minimum Gasteiger partial charge on any atom is -0.316 e. The van der Waals surface area contributed by atoms with E-state index in [0.29, 0.717) is 0 Å². The molecule has 0 saturated carbocycles. The summed E-state index contributed by atoms with van der Waals surface area (Å²) < 4.78 is 0. The highest BCUT2D eigenvalue weighted by atomic mass is 32.1. The second-order valence-corrected chi connectivity index (χ2v) is 5.17. The maximum Gasteiger partial charge on any atom is 0.0940 e. The number of rotatable bonds is 7. The fourth-order valence-electron chi connectivity index (χ4n) is 1.66. The van der Waals surface area contributed by atoms with Crippen molar-refractivity contribution >= 4 is 11.3 Å². The van der Waals surface area contributed by atoms with Crippen LogP contribution < -0.4 is 5.32 Å². The molecule has 0 aliphatic heterocycles. The van der Waals surface area contributed by atoms with Crippen LogP contribution in [0.4, 0.5) is 0 Å². The van der Waals surface area contributed by atoms with E-state index in [-0.39, 0.29) is 0 Å². The minimum absolute atomic E-state index is 0.799. The topological polar surface area (TPSA) is 24.9 Å². The van der Waals surface area contributed by atoms with Gasteiger partial charge in [-0.2, -0.15) is 0 Å². The first-order valence-electron chi connectivity index (χ1n) is 5.84. The van der Waals surface area contributed by atoms with Gasteiger partial charge in [-0.3, -0.25) is 0 Å². The van der Waals surface area contributed by atoms with Crippen molar-refractivity contribution in [3.63, 3.8) is 0 Å². The molecule has 0 amide bonds. The summed E-state index contributed by atoms with van der Waals surface area (Å²) in [6.45, 7) is 8.80. The van der Waals surface area contributed by atoms with E-state index >= 15 is 0 Å². The summed E-state index contributed by atoms with van der Waals surface area (Å²) in [6.07, 6.45) is 3.68. The van der Waals surface area contributed by atoms with Crippen molar-refractivity contribution in [2.45, 2.75) is 40.0 Å². The van der Waals surface area contributed by atoms with E-state index in [1.54, 1.807) is 11.3 Å². The molecule has 0 spiro atoms. The van der Waals surface area contributed by atoms with Crippen LogP contribution in [0.5, 0.6) is 0 Å². The van der Waals surface area contributed by atoms with E-state index in [1.165, 1.54) is 17.8 Å². The van der Waals surface area contributed by atoms with E-state index < -0.39 is 0 Å². The van der Waals surface area contributed by atoms with Crippen LogP contribution in [0.2, 0.25) is 0 Å². The number of hydrogen-bond acceptors (Lipinski definition) is 3. The largest absolute Gasteiger partial charge is 0.316 e. The summed E-state index contributed by atoms with van der Waals surface area (Å²) in [5.74, 6) is 0.799. The second kappa shape index (κ2) is 6.96. The van der Waals surface area contributed by atoms with Crippen LogP contribution in [-0.4, -0.2) is 18.1 Å². The molecule has 1 aromatic heterocycles. The number of nitrogens with zero attached hydrogens (tertiary/aromatic N) is 1. The van der Waals surface area contributed by atoms with Crippen molar-refractivity contribution in [3.05, 3.63) is 16.1 Å². The van der Waals surface area contributed by atoms with Gasteiger partial charge >= 0.3 is 0 Å². The SMILES string of the molecule is CCCC(C)CNCCc1nc(C)cs1. The fourth-order valence-corrected chi connectivity index (χ4v) is 2.43. The van der Waals surface area contributed by atoms with E-state index in [2.05, 4.69) is 36.5 Å². The van der Waals surface area contributed by atoms with Gasteiger partial charge in [-0.25, -0.2) is 4.98 Å². The minimum atomic E-state index is 0.799. The number of hydrogen-bond donors (Lipinski definition) is 1. The second-order valence-electron chi connectivity index (χ2n) is 4.23. The van der Waals surface area contributed by atoms with Crippen molar-refractivity contribution < 1.29 is 0 Å². The molecule has 1 unspecified atom stereocenters. The lowest BCUT2D eigenvalue weighted by Crippen LogP contribution is -2.23. The molecule has 1 rings (SSSR count). The number of thiazole rings is 1. The lowest BCUT2D eigenvalue weighted by molar-refractivity contribution is 0.478. The molecule has 15 heavy (non-hydrogen) atoms. The summed E-state index contributed by atoms with van der Waals surface area (Å²) in [5.41, 5.74) is 1.15. The van der Waals surface area contributed by atoms with Gasteiger partial charge in [0.1, 0.15) is 0 Å². The van der Waals surface area contributed by atoms with Gasteiger partial charge in [0.2, 0.25) is 0 Å². The molecule has 2 nitrogen and oxygen atoms in total. The van der Waals surface area contributed by atoms with Crippen molar-refractivity contribution in [2.75, 3.05) is 13.1 Å². The Bertz CT molecular complexity index is 270. The van der Waals surface area contributed by atoms with E-state index in [9.17, 15) is 0 Å². The highest BCUT2D eigenvalue weighted by Gasteiger charge is 2.01. The molecule has 1 N–H and O–H groups in total. The van der Waals surface area contributed by atoms with Crippen molar-refractivity contribution in [1.29, 1.82) is 0 Å². The zero-order valence-electron chi connectivity index (χ0n) is 10.0. The molecule has 0 fully saturated rings. The van der Waals surface area contributed by atoms with Gasteiger partial charge < -0.3 is 5.32 Å². The Morgan fingerprint density at radius 3 is 2.93 bits per heavy atom. The molecule has 0 radical (unpaired) electrons. The van der Waals surface area contributed by atoms with Gasteiger partial charge in [-0.1, -0.05) is 20.3 Å². The number of aryl methyl sites for hydroxylation is 1. The van der Waals surface area contributed by atoms with Crippen molar-refractivity contribution in [1.82, 2.24) is 10.3 Å². The Kier molecular flexibility index (Phi) is 5.88. The van der Waals surface area contributed by atoms with Gasteiger partial charge in [0.25, 0.3) is 0 Å². The predicted molar refractivity (Wildman–Crippen MR) is 67.5 cm³/mol. The molecule has 1 heterocycles. The highest BCUT2D eigenvalue weighted by Crippen LogP contribution is 2.08. The highest BCUT2D eigenvalue weighted by molar-refractivity contribution is 7.09. The van der Waals surface area contributed by atoms with Crippen molar-refractivity contribution in [2.24, 2.45) is 5.92 Å². The Morgan fingerprint density at radius 2 is 2.33 bits per heavy atom. The van der Waals surface area contributed by atoms with Gasteiger partial charge in [0, 0.05) is 24.0 Å². The van der Waals surface area contributed by atoms with Crippen LogP contribution in [0.1, 0.15) is 37.4 Å². The summed E-state index contributed by atoms with van der Waals surface area (Å²) in [7, 11) is 0. The molecule has 0 aliphatic carbocycles. The lowest BCUT2D eigenvalue weighted by Gasteiger charge is -2.10. The molecular weight excluding hydrogens is 204 g/mol. The van der Waals surface area contributed by atoms with Crippen LogP contribution in [0.15, 0.2) is 5.38 Å². The van der Waals surface area contributed by atoms with Gasteiger partial charge in [0.15, 0.2) is 0 Å². The van der Waals surface area contributed by atoms with Crippen LogP contribution in [0, 0.1) is 12.8 Å². The third-order valence-corrected chi connectivity index (χ3v) is 3.48. The molecular formula is C12H22N2S. The summed E-state index contributed by atoms with van der Waals surface area (Å²) in [6, 6.07) is 0. The van der Waals surface area contributed by atoms with Crippen molar-refractivity contribution in [3.8, 4) is 0 Å². The van der Waals surface area contributed by atoms with Crippen LogP contribution in [0.25, 0.3) is 0 Å². The van der Waals surface area contributed by atoms with Gasteiger partial charge in [-0.05, 0) is 25.8 Å². The summed E-state index contributed by atoms with van der Waals surface area (Å²) in [5, 5.41) is 6.87. The maximum atomic E-state index is 4.44. The Labute approximate surface area is 97.1 Å². The predicted octanol–water partition coefficient (Wildman–Crippen LogP) is 3.02. The Hall–Kier alpha value is -0.410. The number of aromatic nitrogens is 1. The molecule has 0 aliphatic rings. The first-order valence-corrected chi connectivity index (χ1v) is 6.72. The summed E-state index contributed by atoms with van der Waals surface area (Å²) >= 11 is 1.77. The first-order chi connectivity index (χ1) is 7.22. The van der Waals surface area contributed by atoms with E-state index in [0.717, 1.165) is 31.1 Å². The maximum absolute atomic E-state index is 4.44. The van der Waals surface area contributed by atoms with Gasteiger partial charge in [0.05, 0.1) is 5.01 Å². The van der Waals surface area contributed by atoms with Crippen LogP contribution >= 0.6 is 11.3 Å². The number of nitrogens with one attached hydrogen (secondary N) is 1. The Morgan fingerprint density at radius 1 is 1.53 bits per heavy atom. The van der Waals surface area contributed by atoms with Crippen LogP contribution in [-0.2, 0) is 6.42 Å². The molecule has 0 saturated heterocycles. The standard InChI is InChI=1S/C12H22N2S/c1-4-5-10(2)8-13-7-6-12-14-11(3)9-15-12/h9-10,13H,4-8H2,1-3H3. The van der Waals surface area contributed by atoms with Gasteiger partial charge in [-0.15, -0.1) is 11.3 Å². The monoisotopic (exact) mass is 226 g/mol. The Balaban J connectivity index is 2.06. The average Bonchev–Trinajstić information content (AvgIpc) is 2.60. The molecule has 1 aromatic rings. The zero-order chi connectivity index (χ0) is 11.1. The smallest absolute Gasteiger partial charge is 0.0940 e. The third-order valence-electron chi connectivity index (χ3n) is 2.46. The molecule has 0 bridgehead atoms. The lowest BCUT2D eigenvalue weighted by atomic mass is 10.1. The fraction of sp³-hybridized carbons (Fsp3) is 0.750. The first kappa shape index (κ1) is 12.7.